The molecule has 0 N–H and O–H groups in total. The van der Waals surface area contributed by atoms with Gasteiger partial charge in [-0.3, -0.25) is 4.79 Å². The smallest absolute Gasteiger partial charge is 0.184 e. The molecule has 0 spiro atoms. The lowest BCUT2D eigenvalue weighted by Gasteiger charge is -2.07. The minimum absolute atomic E-state index is 0.0701. The molecular formula is C19H17Cl2N3O2. The number of halogens is 2. The largest absolute Gasteiger partial charge is 0.494 e. The molecule has 5 nitrogen and oxygen atoms in total. The second-order valence-corrected chi connectivity index (χ2v) is 6.46. The van der Waals surface area contributed by atoms with Gasteiger partial charge in [0.2, 0.25) is 0 Å². The average molecular weight is 390 g/mol. The van der Waals surface area contributed by atoms with Gasteiger partial charge in [0.15, 0.2) is 11.6 Å². The quantitative estimate of drug-likeness (QED) is 0.565. The van der Waals surface area contributed by atoms with E-state index in [-0.39, 0.29) is 12.3 Å². The molecule has 0 saturated heterocycles. The summed E-state index contributed by atoms with van der Waals surface area (Å²) < 4.78 is 6.97. The van der Waals surface area contributed by atoms with Crippen LogP contribution in [0.1, 0.15) is 23.1 Å². The van der Waals surface area contributed by atoms with Crippen LogP contribution in [0.3, 0.4) is 0 Å². The van der Waals surface area contributed by atoms with E-state index in [9.17, 15) is 4.79 Å². The second kappa shape index (κ2) is 7.89. The van der Waals surface area contributed by atoms with Crippen molar-refractivity contribution in [2.45, 2.75) is 20.4 Å². The van der Waals surface area contributed by atoms with Gasteiger partial charge in [0.05, 0.1) is 16.7 Å². The number of carbonyl (C=O) groups excluding carboxylic acids is 1. The maximum atomic E-state index is 12.6. The molecule has 134 valence electrons. The van der Waals surface area contributed by atoms with E-state index < -0.39 is 0 Å². The molecular weight excluding hydrogens is 373 g/mol. The maximum absolute atomic E-state index is 12.6. The van der Waals surface area contributed by atoms with Gasteiger partial charge in [0.1, 0.15) is 18.1 Å². The van der Waals surface area contributed by atoms with Crippen molar-refractivity contribution in [1.82, 2.24) is 14.8 Å². The molecule has 0 fully saturated rings. The number of carbonyl (C=O) groups is 1. The molecule has 0 saturated carbocycles. The Morgan fingerprint density at radius 3 is 2.50 bits per heavy atom. The molecule has 0 aliphatic carbocycles. The molecule has 1 aromatic heterocycles. The van der Waals surface area contributed by atoms with Crippen molar-refractivity contribution in [3.63, 3.8) is 0 Å². The summed E-state index contributed by atoms with van der Waals surface area (Å²) in [4.78, 5) is 17.0. The molecule has 0 bridgehead atoms. The summed E-state index contributed by atoms with van der Waals surface area (Å²) in [5.74, 6) is 1.81. The van der Waals surface area contributed by atoms with Crippen LogP contribution in [-0.4, -0.2) is 27.2 Å². The summed E-state index contributed by atoms with van der Waals surface area (Å²) in [6.45, 7) is 4.35. The second-order valence-electron chi connectivity index (χ2n) is 5.65. The van der Waals surface area contributed by atoms with Gasteiger partial charge in [-0.05, 0) is 56.3 Å². The highest BCUT2D eigenvalue weighted by Gasteiger charge is 2.15. The van der Waals surface area contributed by atoms with Crippen LogP contribution in [0.25, 0.3) is 11.4 Å². The first-order valence-electron chi connectivity index (χ1n) is 8.11. The van der Waals surface area contributed by atoms with Crippen LogP contribution in [0.5, 0.6) is 5.75 Å². The van der Waals surface area contributed by atoms with E-state index in [1.165, 1.54) is 0 Å². The lowest BCUT2D eigenvalue weighted by Crippen LogP contribution is -2.13. The molecule has 0 atom stereocenters. The summed E-state index contributed by atoms with van der Waals surface area (Å²) in [6, 6.07) is 12.3. The van der Waals surface area contributed by atoms with Gasteiger partial charge in [-0.1, -0.05) is 23.2 Å². The zero-order chi connectivity index (χ0) is 18.7. The van der Waals surface area contributed by atoms with Crippen molar-refractivity contribution >= 4 is 29.0 Å². The predicted molar refractivity (Wildman–Crippen MR) is 102 cm³/mol. The Balaban J connectivity index is 1.85. The Morgan fingerprint density at radius 1 is 1.12 bits per heavy atom. The van der Waals surface area contributed by atoms with Crippen LogP contribution < -0.4 is 4.74 Å². The van der Waals surface area contributed by atoms with E-state index in [2.05, 4.69) is 10.1 Å². The Labute approximate surface area is 161 Å². The highest BCUT2D eigenvalue weighted by Crippen LogP contribution is 2.28. The molecule has 0 amide bonds. The average Bonchev–Trinajstić information content (AvgIpc) is 2.98. The zero-order valence-corrected chi connectivity index (χ0v) is 15.9. The van der Waals surface area contributed by atoms with E-state index in [1.54, 1.807) is 54.1 Å². The third-order valence-electron chi connectivity index (χ3n) is 3.74. The van der Waals surface area contributed by atoms with Crippen LogP contribution in [0.15, 0.2) is 42.5 Å². The Kier molecular flexibility index (Phi) is 5.59. The van der Waals surface area contributed by atoms with Crippen molar-refractivity contribution < 1.29 is 9.53 Å². The number of aryl methyl sites for hydroxylation is 1. The summed E-state index contributed by atoms with van der Waals surface area (Å²) in [5.41, 5.74) is 1.33. The van der Waals surface area contributed by atoms with Gasteiger partial charge in [0, 0.05) is 11.1 Å². The van der Waals surface area contributed by atoms with E-state index >= 15 is 0 Å². The van der Waals surface area contributed by atoms with E-state index in [0.717, 1.165) is 11.3 Å². The van der Waals surface area contributed by atoms with Crippen LogP contribution in [0.4, 0.5) is 0 Å². The zero-order valence-electron chi connectivity index (χ0n) is 14.4. The van der Waals surface area contributed by atoms with Crippen LogP contribution in [0.2, 0.25) is 10.0 Å². The van der Waals surface area contributed by atoms with E-state index in [4.69, 9.17) is 27.9 Å². The molecule has 0 aliphatic rings. The molecule has 3 rings (SSSR count). The number of ketones is 1. The summed E-state index contributed by atoms with van der Waals surface area (Å²) in [6.07, 6.45) is 0. The molecule has 0 aliphatic heterocycles. The maximum Gasteiger partial charge on any atom is 0.184 e. The normalized spacial score (nSPS) is 10.8. The van der Waals surface area contributed by atoms with Crippen LogP contribution in [-0.2, 0) is 6.54 Å². The third kappa shape index (κ3) is 4.06. The van der Waals surface area contributed by atoms with E-state index in [1.807, 2.05) is 6.92 Å². The first kappa shape index (κ1) is 18.4. The van der Waals surface area contributed by atoms with E-state index in [0.29, 0.717) is 33.9 Å². The number of aromatic nitrogens is 3. The van der Waals surface area contributed by atoms with Gasteiger partial charge < -0.3 is 4.74 Å². The fraction of sp³-hybridized carbons (Fsp3) is 0.211. The van der Waals surface area contributed by atoms with Crippen molar-refractivity contribution in [2.24, 2.45) is 0 Å². The minimum Gasteiger partial charge on any atom is -0.494 e. The van der Waals surface area contributed by atoms with Crippen molar-refractivity contribution in [3.8, 4) is 17.1 Å². The van der Waals surface area contributed by atoms with Crippen LogP contribution >= 0.6 is 23.2 Å². The van der Waals surface area contributed by atoms with Gasteiger partial charge in [-0.15, -0.1) is 0 Å². The number of ether oxygens (including phenoxy) is 1. The fourth-order valence-electron chi connectivity index (χ4n) is 2.55. The Morgan fingerprint density at radius 2 is 1.85 bits per heavy atom. The minimum atomic E-state index is -0.0701. The number of hydrogen-bond acceptors (Lipinski definition) is 4. The molecule has 0 radical (unpaired) electrons. The number of nitrogens with zero attached hydrogens (tertiary/aromatic N) is 3. The van der Waals surface area contributed by atoms with Gasteiger partial charge in [-0.2, -0.15) is 5.10 Å². The fourth-order valence-corrected chi connectivity index (χ4v) is 2.84. The molecule has 2 aromatic carbocycles. The first-order valence-corrected chi connectivity index (χ1v) is 8.86. The van der Waals surface area contributed by atoms with Crippen LogP contribution in [0, 0.1) is 6.92 Å². The lowest BCUT2D eigenvalue weighted by molar-refractivity contribution is 0.0968. The SMILES string of the molecule is CCOc1ccc(C(=O)Cn2nc(C)nc2-c2ccc(Cl)c(Cl)c2)cc1. The third-order valence-corrected chi connectivity index (χ3v) is 4.48. The van der Waals surface area contributed by atoms with Gasteiger partial charge in [0.25, 0.3) is 0 Å². The predicted octanol–water partition coefficient (Wildman–Crippen LogP) is 4.84. The molecule has 1 heterocycles. The molecule has 0 unspecified atom stereocenters. The van der Waals surface area contributed by atoms with Crippen molar-refractivity contribution in [2.75, 3.05) is 6.61 Å². The number of rotatable bonds is 6. The highest BCUT2D eigenvalue weighted by atomic mass is 35.5. The van der Waals surface area contributed by atoms with Gasteiger partial charge in [-0.25, -0.2) is 9.67 Å². The monoisotopic (exact) mass is 389 g/mol. The number of hydrogen-bond donors (Lipinski definition) is 0. The number of Topliss-reactive ketones (excluding diaryl/α,β-unsaturated/α-hetero) is 1. The molecule has 3 aromatic rings. The highest BCUT2D eigenvalue weighted by molar-refractivity contribution is 6.42. The summed E-state index contributed by atoms with van der Waals surface area (Å²) >= 11 is 12.1. The first-order chi connectivity index (χ1) is 12.5. The summed E-state index contributed by atoms with van der Waals surface area (Å²) in [7, 11) is 0. The molecule has 7 heteroatoms. The lowest BCUT2D eigenvalue weighted by atomic mass is 10.1. The van der Waals surface area contributed by atoms with Gasteiger partial charge >= 0.3 is 0 Å². The standard InChI is InChI=1S/C19H17Cl2N3O2/c1-3-26-15-7-4-13(5-8-15)18(25)11-24-19(22-12(2)23-24)14-6-9-16(20)17(21)10-14/h4-10H,3,11H2,1-2H3. The Bertz CT molecular complexity index is 936. The van der Waals surface area contributed by atoms with Crippen molar-refractivity contribution in [3.05, 3.63) is 63.9 Å². The molecule has 26 heavy (non-hydrogen) atoms. The number of benzene rings is 2. The topological polar surface area (TPSA) is 57.0 Å². The van der Waals surface area contributed by atoms with Crippen molar-refractivity contribution in [1.29, 1.82) is 0 Å². The summed E-state index contributed by atoms with van der Waals surface area (Å²) in [5, 5.41) is 5.22. The Hall–Kier alpha value is -2.37.